The summed E-state index contributed by atoms with van der Waals surface area (Å²) in [5, 5.41) is 1.77. The molecule has 1 aromatic heterocycles. The van der Waals surface area contributed by atoms with Crippen molar-refractivity contribution in [2.75, 3.05) is 45.8 Å². The van der Waals surface area contributed by atoms with Crippen LogP contribution < -0.4 is 5.48 Å². The first-order valence-electron chi connectivity index (χ1n) is 12.2. The molecule has 0 atom stereocenters. The Balaban J connectivity index is 1.10. The number of nitrogens with one attached hydrogen (secondary N) is 1. The highest BCUT2D eigenvalue weighted by atomic mass is 32.2. The highest BCUT2D eigenvalue weighted by molar-refractivity contribution is 7.91. The number of hydrogen-bond donors (Lipinski definition) is 1. The number of piperidine rings is 1. The van der Waals surface area contributed by atoms with Crippen molar-refractivity contribution in [2.24, 2.45) is 0 Å². The maximum atomic E-state index is 13.1. The normalized spacial score (nSPS) is 21.1. The van der Waals surface area contributed by atoms with E-state index in [0.717, 1.165) is 32.5 Å². The number of amides is 1. The van der Waals surface area contributed by atoms with Gasteiger partial charge in [-0.25, -0.2) is 8.42 Å². The first-order chi connectivity index (χ1) is 17.0. The first-order valence-corrected chi connectivity index (χ1v) is 14.5. The number of piperazine rings is 1. The summed E-state index contributed by atoms with van der Waals surface area (Å²) in [6, 6.07) is 13.9. The number of carbonyl (C=O) groups is 1. The van der Waals surface area contributed by atoms with Gasteiger partial charge in [0.05, 0.1) is 0 Å². The lowest BCUT2D eigenvalue weighted by atomic mass is 9.92. The van der Waals surface area contributed by atoms with Crippen molar-refractivity contribution in [3.8, 4) is 0 Å². The molecule has 3 aliphatic heterocycles. The molecule has 8 nitrogen and oxygen atoms in total. The van der Waals surface area contributed by atoms with Crippen molar-refractivity contribution < 1.29 is 18.0 Å². The van der Waals surface area contributed by atoms with Crippen LogP contribution >= 0.6 is 11.3 Å². The SMILES string of the molecule is O=C(C1=CC2(CCN(S(=O)(=O)c3cccs3)CC2)ON1)N1CCN(CCCc2ccccc2)CC1. The number of carbonyl (C=O) groups excluding carboxylic acids is 1. The van der Waals surface area contributed by atoms with Gasteiger partial charge in [0.25, 0.3) is 15.9 Å². The molecule has 0 saturated carbocycles. The summed E-state index contributed by atoms with van der Waals surface area (Å²) in [6.45, 7) is 4.90. The summed E-state index contributed by atoms with van der Waals surface area (Å²) >= 11 is 1.23. The molecule has 1 spiro atoms. The third-order valence-electron chi connectivity index (χ3n) is 7.10. The standard InChI is InChI=1S/C25H32N4O4S2/c30-24(28-17-15-27(16-18-28)12-4-8-21-6-2-1-3-7-21)22-20-25(33-26-22)10-13-29(14-11-25)35(31,32)23-9-5-19-34-23/h1-3,5-7,9,19-20,26H,4,8,10-18H2. The van der Waals surface area contributed by atoms with Crippen LogP contribution in [0.25, 0.3) is 0 Å². The molecular formula is C25H32N4O4S2. The van der Waals surface area contributed by atoms with Gasteiger partial charge in [-0.15, -0.1) is 11.3 Å². The molecule has 3 aliphatic rings. The van der Waals surface area contributed by atoms with E-state index >= 15 is 0 Å². The van der Waals surface area contributed by atoms with Crippen molar-refractivity contribution in [3.63, 3.8) is 0 Å². The molecule has 1 N–H and O–H groups in total. The highest BCUT2D eigenvalue weighted by Gasteiger charge is 2.43. The molecule has 1 aromatic carbocycles. The van der Waals surface area contributed by atoms with Crippen molar-refractivity contribution in [1.29, 1.82) is 0 Å². The Morgan fingerprint density at radius 3 is 2.43 bits per heavy atom. The second kappa shape index (κ2) is 10.4. The number of rotatable bonds is 7. The average Bonchev–Trinajstić information content (AvgIpc) is 3.57. The summed E-state index contributed by atoms with van der Waals surface area (Å²) < 4.78 is 27.5. The molecular weight excluding hydrogens is 484 g/mol. The number of sulfonamides is 1. The van der Waals surface area contributed by atoms with Gasteiger partial charge in [-0.2, -0.15) is 4.31 Å². The molecule has 35 heavy (non-hydrogen) atoms. The van der Waals surface area contributed by atoms with Crippen LogP contribution in [0.4, 0.5) is 0 Å². The minimum Gasteiger partial charge on any atom is -0.335 e. The lowest BCUT2D eigenvalue weighted by Crippen LogP contribution is -2.50. The molecule has 2 saturated heterocycles. The third kappa shape index (κ3) is 5.46. The van der Waals surface area contributed by atoms with E-state index in [1.54, 1.807) is 17.5 Å². The molecule has 2 fully saturated rings. The Bertz CT molecular complexity index is 1140. The van der Waals surface area contributed by atoms with E-state index in [2.05, 4.69) is 34.6 Å². The highest BCUT2D eigenvalue weighted by Crippen LogP contribution is 2.35. The Morgan fingerprint density at radius 1 is 1.00 bits per heavy atom. The number of nitrogens with zero attached hydrogens (tertiary/aromatic N) is 3. The van der Waals surface area contributed by atoms with Gasteiger partial charge in [0.15, 0.2) is 0 Å². The Morgan fingerprint density at radius 2 is 1.74 bits per heavy atom. The topological polar surface area (TPSA) is 82.2 Å². The lowest BCUT2D eigenvalue weighted by Gasteiger charge is -2.35. The summed E-state index contributed by atoms with van der Waals surface area (Å²) in [5.74, 6) is -0.0422. The molecule has 5 rings (SSSR count). The van der Waals surface area contributed by atoms with Crippen molar-refractivity contribution in [2.45, 2.75) is 35.5 Å². The van der Waals surface area contributed by atoms with Crippen LogP contribution in [0.15, 0.2) is 63.8 Å². The quantitative estimate of drug-likeness (QED) is 0.609. The van der Waals surface area contributed by atoms with Crippen molar-refractivity contribution >= 4 is 27.3 Å². The summed E-state index contributed by atoms with van der Waals surface area (Å²) in [6.07, 6.45) is 5.08. The van der Waals surface area contributed by atoms with E-state index in [1.807, 2.05) is 17.0 Å². The van der Waals surface area contributed by atoms with Crippen LogP contribution in [0.3, 0.4) is 0 Å². The zero-order chi connectivity index (χ0) is 24.3. The first kappa shape index (κ1) is 24.5. The molecule has 0 aliphatic carbocycles. The van der Waals surface area contributed by atoms with Gasteiger partial charge in [0, 0.05) is 39.3 Å². The van der Waals surface area contributed by atoms with Crippen LogP contribution in [0.2, 0.25) is 0 Å². The van der Waals surface area contributed by atoms with E-state index in [0.29, 0.717) is 48.9 Å². The number of hydroxylamine groups is 1. The minimum atomic E-state index is -3.46. The predicted molar refractivity (Wildman–Crippen MR) is 135 cm³/mol. The van der Waals surface area contributed by atoms with E-state index in [1.165, 1.54) is 21.2 Å². The Kier molecular flexibility index (Phi) is 7.26. The van der Waals surface area contributed by atoms with Gasteiger partial charge < -0.3 is 4.90 Å². The summed E-state index contributed by atoms with van der Waals surface area (Å²) in [7, 11) is -3.46. The fraction of sp³-hybridized carbons (Fsp3) is 0.480. The van der Waals surface area contributed by atoms with E-state index < -0.39 is 15.6 Å². The van der Waals surface area contributed by atoms with Gasteiger partial charge in [0.1, 0.15) is 15.5 Å². The zero-order valence-electron chi connectivity index (χ0n) is 19.8. The van der Waals surface area contributed by atoms with Crippen LogP contribution in [-0.2, 0) is 26.1 Å². The van der Waals surface area contributed by atoms with E-state index in [9.17, 15) is 13.2 Å². The largest absolute Gasteiger partial charge is 0.335 e. The molecule has 188 valence electrons. The fourth-order valence-corrected chi connectivity index (χ4v) is 7.56. The monoisotopic (exact) mass is 516 g/mol. The van der Waals surface area contributed by atoms with Crippen molar-refractivity contribution in [3.05, 3.63) is 65.2 Å². The molecule has 2 aromatic rings. The number of hydrogen-bond acceptors (Lipinski definition) is 7. The Labute approximate surface area is 211 Å². The maximum Gasteiger partial charge on any atom is 0.272 e. The summed E-state index contributed by atoms with van der Waals surface area (Å²) in [4.78, 5) is 23.3. The van der Waals surface area contributed by atoms with Crippen LogP contribution in [0, 0.1) is 0 Å². The molecule has 4 heterocycles. The lowest BCUT2D eigenvalue weighted by molar-refractivity contribution is -0.131. The summed E-state index contributed by atoms with van der Waals surface area (Å²) in [5.41, 5.74) is 4.05. The van der Waals surface area contributed by atoms with E-state index in [4.69, 9.17) is 4.84 Å². The van der Waals surface area contributed by atoms with Crippen LogP contribution in [0.1, 0.15) is 24.8 Å². The van der Waals surface area contributed by atoms with Gasteiger partial charge in [-0.1, -0.05) is 36.4 Å². The average molecular weight is 517 g/mol. The van der Waals surface area contributed by atoms with Gasteiger partial charge >= 0.3 is 0 Å². The molecule has 0 radical (unpaired) electrons. The third-order valence-corrected chi connectivity index (χ3v) is 10.4. The zero-order valence-corrected chi connectivity index (χ0v) is 21.4. The van der Waals surface area contributed by atoms with Gasteiger partial charge in [-0.05, 0) is 55.3 Å². The number of thiophene rings is 1. The molecule has 0 bridgehead atoms. The van der Waals surface area contributed by atoms with E-state index in [-0.39, 0.29) is 5.91 Å². The number of benzene rings is 1. The van der Waals surface area contributed by atoms with Crippen LogP contribution in [-0.4, -0.2) is 79.8 Å². The smallest absolute Gasteiger partial charge is 0.272 e. The minimum absolute atomic E-state index is 0.0422. The number of aryl methyl sites for hydroxylation is 1. The molecule has 10 heteroatoms. The second-order valence-electron chi connectivity index (χ2n) is 9.39. The molecule has 0 unspecified atom stereocenters. The predicted octanol–water partition coefficient (Wildman–Crippen LogP) is 2.47. The second-order valence-corrected chi connectivity index (χ2v) is 12.5. The van der Waals surface area contributed by atoms with Gasteiger partial charge in [-0.3, -0.25) is 20.0 Å². The van der Waals surface area contributed by atoms with Crippen molar-refractivity contribution in [1.82, 2.24) is 19.6 Å². The maximum absolute atomic E-state index is 13.1. The van der Waals surface area contributed by atoms with Crippen LogP contribution in [0.5, 0.6) is 0 Å². The fourth-order valence-electron chi connectivity index (χ4n) is 4.97. The Hall–Kier alpha value is -2.24. The molecule has 1 amide bonds. The van der Waals surface area contributed by atoms with Gasteiger partial charge in [0.2, 0.25) is 0 Å².